The molecule has 6 heteroatoms. The van der Waals surface area contributed by atoms with E-state index < -0.39 is 0 Å². The van der Waals surface area contributed by atoms with Crippen molar-refractivity contribution in [2.45, 2.75) is 46.3 Å². The average Bonchev–Trinajstić information content (AvgIpc) is 2.78. The van der Waals surface area contributed by atoms with Crippen molar-refractivity contribution in [3.63, 3.8) is 0 Å². The zero-order valence-electron chi connectivity index (χ0n) is 12.4. The molecule has 0 spiro atoms. The molecule has 0 saturated heterocycles. The summed E-state index contributed by atoms with van der Waals surface area (Å²) >= 11 is 0. The van der Waals surface area contributed by atoms with Gasteiger partial charge < -0.3 is 9.84 Å². The second-order valence-corrected chi connectivity index (χ2v) is 5.26. The van der Waals surface area contributed by atoms with E-state index in [9.17, 15) is 4.79 Å². The summed E-state index contributed by atoms with van der Waals surface area (Å²) in [4.78, 5) is 14.3. The summed E-state index contributed by atoms with van der Waals surface area (Å²) < 4.78 is 6.83. The molecule has 6 nitrogen and oxygen atoms in total. The van der Waals surface area contributed by atoms with Crippen LogP contribution in [-0.4, -0.2) is 51.6 Å². The standard InChI is InChI=1S/C14H23N3O3/c1-4-20-14(19)13-11-9-16(10(2)3)6-5-12(11)17(15-13)7-8-18/h10,18H,4-9H2,1-3H3. The Bertz CT molecular complexity index is 482. The molecule has 2 heterocycles. The van der Waals surface area contributed by atoms with E-state index in [1.807, 2.05) is 0 Å². The van der Waals surface area contributed by atoms with Crippen LogP contribution in [0, 0.1) is 0 Å². The van der Waals surface area contributed by atoms with Gasteiger partial charge in [0.2, 0.25) is 0 Å². The molecule has 0 unspecified atom stereocenters. The van der Waals surface area contributed by atoms with Crippen molar-refractivity contribution in [2.75, 3.05) is 19.8 Å². The van der Waals surface area contributed by atoms with Crippen molar-refractivity contribution in [1.82, 2.24) is 14.7 Å². The second kappa shape index (κ2) is 6.37. The largest absolute Gasteiger partial charge is 0.461 e. The summed E-state index contributed by atoms with van der Waals surface area (Å²) in [7, 11) is 0. The Morgan fingerprint density at radius 3 is 2.85 bits per heavy atom. The van der Waals surface area contributed by atoms with Gasteiger partial charge in [-0.05, 0) is 20.8 Å². The second-order valence-electron chi connectivity index (χ2n) is 5.26. The average molecular weight is 281 g/mol. The number of nitrogens with zero attached hydrogens (tertiary/aromatic N) is 3. The number of fused-ring (bicyclic) bond motifs is 1. The predicted molar refractivity (Wildman–Crippen MR) is 74.5 cm³/mol. The fourth-order valence-electron chi connectivity index (χ4n) is 2.60. The van der Waals surface area contributed by atoms with Crippen molar-refractivity contribution >= 4 is 5.97 Å². The highest BCUT2D eigenvalue weighted by Gasteiger charge is 2.29. The number of hydrogen-bond acceptors (Lipinski definition) is 5. The molecule has 0 amide bonds. The van der Waals surface area contributed by atoms with Gasteiger partial charge in [-0.25, -0.2) is 4.79 Å². The third kappa shape index (κ3) is 2.86. The Morgan fingerprint density at radius 2 is 2.25 bits per heavy atom. The first-order valence-electron chi connectivity index (χ1n) is 7.19. The molecule has 0 fully saturated rings. The minimum atomic E-state index is -0.369. The van der Waals surface area contributed by atoms with Crippen molar-refractivity contribution in [3.8, 4) is 0 Å². The van der Waals surface area contributed by atoms with Crippen LogP contribution in [0.1, 0.15) is 42.5 Å². The molecule has 1 aliphatic rings. The molecule has 0 bridgehead atoms. The minimum absolute atomic E-state index is 0.0181. The van der Waals surface area contributed by atoms with E-state index in [1.54, 1.807) is 11.6 Å². The molecule has 0 aliphatic carbocycles. The van der Waals surface area contributed by atoms with Crippen LogP contribution >= 0.6 is 0 Å². The van der Waals surface area contributed by atoms with Gasteiger partial charge in [-0.3, -0.25) is 9.58 Å². The van der Waals surface area contributed by atoms with E-state index in [4.69, 9.17) is 9.84 Å². The smallest absolute Gasteiger partial charge is 0.359 e. The number of esters is 1. The molecule has 0 radical (unpaired) electrons. The zero-order chi connectivity index (χ0) is 14.7. The number of carbonyl (C=O) groups is 1. The number of aliphatic hydroxyl groups excluding tert-OH is 1. The molecule has 0 atom stereocenters. The number of hydrogen-bond donors (Lipinski definition) is 1. The van der Waals surface area contributed by atoms with Gasteiger partial charge in [0.25, 0.3) is 0 Å². The van der Waals surface area contributed by atoms with Crippen LogP contribution in [0.25, 0.3) is 0 Å². The van der Waals surface area contributed by atoms with Crippen molar-refractivity contribution in [3.05, 3.63) is 17.0 Å². The number of rotatable bonds is 5. The lowest BCUT2D eigenvalue weighted by Crippen LogP contribution is -2.36. The lowest BCUT2D eigenvalue weighted by molar-refractivity contribution is 0.0515. The Kier molecular flexibility index (Phi) is 4.77. The first-order valence-corrected chi connectivity index (χ1v) is 7.19. The fourth-order valence-corrected chi connectivity index (χ4v) is 2.60. The van der Waals surface area contributed by atoms with Crippen molar-refractivity contribution in [1.29, 1.82) is 0 Å². The highest BCUT2D eigenvalue weighted by Crippen LogP contribution is 2.24. The van der Waals surface area contributed by atoms with Gasteiger partial charge in [-0.2, -0.15) is 5.10 Å². The van der Waals surface area contributed by atoms with Crippen LogP contribution in [0.2, 0.25) is 0 Å². The summed E-state index contributed by atoms with van der Waals surface area (Å²) in [5.74, 6) is -0.369. The van der Waals surface area contributed by atoms with Gasteiger partial charge in [0.1, 0.15) is 0 Å². The van der Waals surface area contributed by atoms with Crippen LogP contribution < -0.4 is 0 Å². The van der Waals surface area contributed by atoms with Crippen LogP contribution in [0.15, 0.2) is 0 Å². The number of aliphatic hydroxyl groups is 1. The maximum absolute atomic E-state index is 12.0. The lowest BCUT2D eigenvalue weighted by Gasteiger charge is -2.30. The van der Waals surface area contributed by atoms with Gasteiger partial charge in [-0.15, -0.1) is 0 Å². The lowest BCUT2D eigenvalue weighted by atomic mass is 10.0. The minimum Gasteiger partial charge on any atom is -0.461 e. The summed E-state index contributed by atoms with van der Waals surface area (Å²) in [6.07, 6.45) is 0.847. The first kappa shape index (κ1) is 15.0. The topological polar surface area (TPSA) is 67.6 Å². The van der Waals surface area contributed by atoms with E-state index in [0.29, 0.717) is 31.4 Å². The first-order chi connectivity index (χ1) is 9.58. The SMILES string of the molecule is CCOC(=O)c1nn(CCO)c2c1CN(C(C)C)CC2. The molecule has 1 N–H and O–H groups in total. The Labute approximate surface area is 119 Å². The van der Waals surface area contributed by atoms with E-state index in [-0.39, 0.29) is 12.6 Å². The molecule has 1 aromatic rings. The normalized spacial score (nSPS) is 15.4. The van der Waals surface area contributed by atoms with Gasteiger partial charge in [0.05, 0.1) is 19.8 Å². The monoisotopic (exact) mass is 281 g/mol. The highest BCUT2D eigenvalue weighted by atomic mass is 16.5. The molecular formula is C14H23N3O3. The summed E-state index contributed by atoms with van der Waals surface area (Å²) in [6.45, 7) is 8.52. The predicted octanol–water partition coefficient (Wildman–Crippen LogP) is 0.819. The van der Waals surface area contributed by atoms with Gasteiger partial charge in [0.15, 0.2) is 5.69 Å². The van der Waals surface area contributed by atoms with E-state index in [2.05, 4.69) is 23.8 Å². The Balaban J connectivity index is 2.35. The van der Waals surface area contributed by atoms with Crippen LogP contribution in [-0.2, 0) is 24.2 Å². The van der Waals surface area contributed by atoms with Crippen LogP contribution in [0.3, 0.4) is 0 Å². The van der Waals surface area contributed by atoms with Crippen molar-refractivity contribution in [2.24, 2.45) is 0 Å². The van der Waals surface area contributed by atoms with Gasteiger partial charge >= 0.3 is 5.97 Å². The summed E-state index contributed by atoms with van der Waals surface area (Å²) in [6, 6.07) is 0.430. The molecule has 112 valence electrons. The zero-order valence-corrected chi connectivity index (χ0v) is 12.4. The van der Waals surface area contributed by atoms with Crippen molar-refractivity contribution < 1.29 is 14.6 Å². The molecular weight excluding hydrogens is 258 g/mol. The van der Waals surface area contributed by atoms with Gasteiger partial charge in [-0.1, -0.05) is 0 Å². The molecule has 1 aromatic heterocycles. The van der Waals surface area contributed by atoms with E-state index >= 15 is 0 Å². The Morgan fingerprint density at radius 1 is 1.50 bits per heavy atom. The fraction of sp³-hybridized carbons (Fsp3) is 0.714. The van der Waals surface area contributed by atoms with Crippen LogP contribution in [0.5, 0.6) is 0 Å². The number of ether oxygens (including phenoxy) is 1. The molecule has 0 aromatic carbocycles. The maximum atomic E-state index is 12.0. The molecule has 20 heavy (non-hydrogen) atoms. The summed E-state index contributed by atoms with van der Waals surface area (Å²) in [5.41, 5.74) is 2.41. The molecule has 0 saturated carbocycles. The van der Waals surface area contributed by atoms with E-state index in [0.717, 1.165) is 24.2 Å². The van der Waals surface area contributed by atoms with E-state index in [1.165, 1.54) is 0 Å². The molecule has 1 aliphatic heterocycles. The van der Waals surface area contributed by atoms with Crippen LogP contribution in [0.4, 0.5) is 0 Å². The number of carbonyl (C=O) groups excluding carboxylic acids is 1. The molecule has 2 rings (SSSR count). The highest BCUT2D eigenvalue weighted by molar-refractivity contribution is 5.89. The third-order valence-corrected chi connectivity index (χ3v) is 3.67. The third-order valence-electron chi connectivity index (χ3n) is 3.67. The number of aromatic nitrogens is 2. The summed E-state index contributed by atoms with van der Waals surface area (Å²) in [5, 5.41) is 13.5. The van der Waals surface area contributed by atoms with Gasteiger partial charge in [0, 0.05) is 36.8 Å². The quantitative estimate of drug-likeness (QED) is 0.809. The maximum Gasteiger partial charge on any atom is 0.359 e. The Hall–Kier alpha value is -1.40.